The Morgan fingerprint density at radius 2 is 2.10 bits per heavy atom. The van der Waals surface area contributed by atoms with Crippen LogP contribution in [0.25, 0.3) is 6.08 Å². The van der Waals surface area contributed by atoms with Gasteiger partial charge >= 0.3 is 0 Å². The molecule has 1 aromatic rings. The van der Waals surface area contributed by atoms with Gasteiger partial charge in [0, 0.05) is 20.0 Å². The highest BCUT2D eigenvalue weighted by atomic mass is 32.2. The third kappa shape index (κ3) is 3.46. The molecule has 0 aliphatic carbocycles. The number of benzene rings is 1. The second-order valence-electron chi connectivity index (χ2n) is 4.17. The number of rotatable bonds is 4. The minimum atomic E-state index is -0.132. The van der Waals surface area contributed by atoms with E-state index < -0.39 is 0 Å². The van der Waals surface area contributed by atoms with Crippen molar-refractivity contribution >= 4 is 46.2 Å². The number of thioether (sulfide) groups is 1. The summed E-state index contributed by atoms with van der Waals surface area (Å²) in [5.74, 6) is -0.237. The zero-order chi connectivity index (χ0) is 14.5. The quantitative estimate of drug-likeness (QED) is 0.683. The van der Waals surface area contributed by atoms with E-state index in [9.17, 15) is 9.59 Å². The topological polar surface area (TPSA) is 49.4 Å². The Bertz CT molecular complexity index is 570. The Hall–Kier alpha value is -1.66. The molecule has 0 saturated carbocycles. The van der Waals surface area contributed by atoms with Gasteiger partial charge in [-0.2, -0.15) is 0 Å². The number of hydrogen-bond acceptors (Lipinski definition) is 4. The fraction of sp³-hybridized carbons (Fsp3) is 0.214. The predicted molar refractivity (Wildman–Crippen MR) is 85.0 cm³/mol. The van der Waals surface area contributed by atoms with Gasteiger partial charge in [-0.3, -0.25) is 14.5 Å². The van der Waals surface area contributed by atoms with Crippen molar-refractivity contribution < 1.29 is 9.59 Å². The van der Waals surface area contributed by atoms with Crippen molar-refractivity contribution in [2.75, 3.05) is 13.6 Å². The molecule has 6 heteroatoms. The van der Waals surface area contributed by atoms with Crippen molar-refractivity contribution in [3.63, 3.8) is 0 Å². The molecule has 1 N–H and O–H groups in total. The Labute approximate surface area is 127 Å². The molecule has 0 spiro atoms. The molecule has 1 heterocycles. The molecule has 0 atom stereocenters. The van der Waals surface area contributed by atoms with Crippen LogP contribution in [0.1, 0.15) is 12.0 Å². The van der Waals surface area contributed by atoms with Crippen LogP contribution in [-0.2, 0) is 9.59 Å². The van der Waals surface area contributed by atoms with Gasteiger partial charge in [-0.25, -0.2) is 0 Å². The van der Waals surface area contributed by atoms with E-state index in [1.807, 2.05) is 36.4 Å². The molecule has 2 amide bonds. The minimum absolute atomic E-state index is 0.105. The van der Waals surface area contributed by atoms with Gasteiger partial charge < -0.3 is 5.32 Å². The molecule has 1 aromatic carbocycles. The average Bonchev–Trinajstić information content (AvgIpc) is 2.72. The zero-order valence-corrected chi connectivity index (χ0v) is 12.6. The standard InChI is InChI=1S/C14H14N2O2S2/c1-15-12(17)7-8-16-13(18)11(20-14(16)19)9-10-5-3-2-4-6-10/h2-6,9H,7-8H2,1H3,(H,15,17)/b11-9-. The maximum absolute atomic E-state index is 12.2. The first-order chi connectivity index (χ1) is 9.61. The van der Waals surface area contributed by atoms with Crippen molar-refractivity contribution in [3.8, 4) is 0 Å². The van der Waals surface area contributed by atoms with Gasteiger partial charge in [0.1, 0.15) is 4.32 Å². The number of nitrogens with zero attached hydrogens (tertiary/aromatic N) is 1. The van der Waals surface area contributed by atoms with Gasteiger partial charge in [-0.05, 0) is 11.6 Å². The number of nitrogens with one attached hydrogen (secondary N) is 1. The zero-order valence-electron chi connectivity index (χ0n) is 11.0. The molecule has 1 fully saturated rings. The van der Waals surface area contributed by atoms with Gasteiger partial charge in [-0.15, -0.1) is 0 Å². The molecule has 0 radical (unpaired) electrons. The lowest BCUT2D eigenvalue weighted by Crippen LogP contribution is -2.32. The largest absolute Gasteiger partial charge is 0.359 e. The number of carbonyl (C=O) groups excluding carboxylic acids is 2. The summed E-state index contributed by atoms with van der Waals surface area (Å²) in [6.07, 6.45) is 2.07. The lowest BCUT2D eigenvalue weighted by atomic mass is 10.2. The van der Waals surface area contributed by atoms with E-state index in [2.05, 4.69) is 5.32 Å². The van der Waals surface area contributed by atoms with Crippen LogP contribution in [0.3, 0.4) is 0 Å². The molecule has 2 rings (SSSR count). The van der Waals surface area contributed by atoms with Crippen LogP contribution < -0.4 is 5.32 Å². The first-order valence-corrected chi connectivity index (χ1v) is 7.35. The second kappa shape index (κ2) is 6.67. The third-order valence-electron chi connectivity index (χ3n) is 2.81. The van der Waals surface area contributed by atoms with Crippen LogP contribution in [-0.4, -0.2) is 34.6 Å². The highest BCUT2D eigenvalue weighted by Gasteiger charge is 2.31. The maximum atomic E-state index is 12.2. The lowest BCUT2D eigenvalue weighted by Gasteiger charge is -2.13. The average molecular weight is 306 g/mol. The van der Waals surface area contributed by atoms with Crippen molar-refractivity contribution in [2.24, 2.45) is 0 Å². The van der Waals surface area contributed by atoms with E-state index in [0.717, 1.165) is 5.56 Å². The number of hydrogen-bond donors (Lipinski definition) is 1. The molecule has 0 unspecified atom stereocenters. The number of thiocarbonyl (C=S) groups is 1. The van der Waals surface area contributed by atoms with Gasteiger partial charge in [0.2, 0.25) is 5.91 Å². The van der Waals surface area contributed by atoms with Gasteiger partial charge in [-0.1, -0.05) is 54.3 Å². The summed E-state index contributed by atoms with van der Waals surface area (Å²) in [4.78, 5) is 25.6. The van der Waals surface area contributed by atoms with Gasteiger partial charge in [0.25, 0.3) is 5.91 Å². The van der Waals surface area contributed by atoms with Crippen LogP contribution in [0.4, 0.5) is 0 Å². The van der Waals surface area contributed by atoms with Crippen molar-refractivity contribution in [2.45, 2.75) is 6.42 Å². The van der Waals surface area contributed by atoms with E-state index >= 15 is 0 Å². The Balaban J connectivity index is 2.09. The minimum Gasteiger partial charge on any atom is -0.359 e. The van der Waals surface area contributed by atoms with Gasteiger partial charge in [0.05, 0.1) is 4.91 Å². The van der Waals surface area contributed by atoms with Crippen LogP contribution in [0.2, 0.25) is 0 Å². The smallest absolute Gasteiger partial charge is 0.266 e. The van der Waals surface area contributed by atoms with E-state index in [-0.39, 0.29) is 18.2 Å². The van der Waals surface area contributed by atoms with Crippen LogP contribution >= 0.6 is 24.0 Å². The predicted octanol–water partition coefficient (Wildman–Crippen LogP) is 2.02. The van der Waals surface area contributed by atoms with E-state index in [1.165, 1.54) is 16.7 Å². The normalized spacial score (nSPS) is 16.9. The van der Waals surface area contributed by atoms with Crippen molar-refractivity contribution in [1.29, 1.82) is 0 Å². The Kier molecular flexibility index (Phi) is 4.92. The third-order valence-corrected chi connectivity index (χ3v) is 4.19. The number of carbonyl (C=O) groups is 2. The fourth-order valence-electron chi connectivity index (χ4n) is 1.73. The first-order valence-electron chi connectivity index (χ1n) is 6.13. The van der Waals surface area contributed by atoms with Crippen LogP contribution in [0.5, 0.6) is 0 Å². The molecule has 0 aromatic heterocycles. The summed E-state index contributed by atoms with van der Waals surface area (Å²) in [7, 11) is 1.57. The van der Waals surface area contributed by atoms with Crippen molar-refractivity contribution in [3.05, 3.63) is 40.8 Å². The molecule has 1 aliphatic heterocycles. The second-order valence-corrected chi connectivity index (χ2v) is 5.84. The summed E-state index contributed by atoms with van der Waals surface area (Å²) in [6.45, 7) is 0.316. The van der Waals surface area contributed by atoms with Crippen LogP contribution in [0, 0.1) is 0 Å². The molecule has 1 aliphatic rings. The molecule has 0 bridgehead atoms. The summed E-state index contributed by atoms with van der Waals surface area (Å²) < 4.78 is 0.501. The summed E-state index contributed by atoms with van der Waals surface area (Å²) in [6, 6.07) is 9.61. The van der Waals surface area contributed by atoms with E-state index in [4.69, 9.17) is 12.2 Å². The fourth-order valence-corrected chi connectivity index (χ4v) is 3.04. The summed E-state index contributed by atoms with van der Waals surface area (Å²) in [5.41, 5.74) is 0.958. The molecule has 20 heavy (non-hydrogen) atoms. The lowest BCUT2D eigenvalue weighted by molar-refractivity contribution is -0.123. The molecule has 104 valence electrons. The molecule has 4 nitrogen and oxygen atoms in total. The van der Waals surface area contributed by atoms with Gasteiger partial charge in [0.15, 0.2) is 0 Å². The van der Waals surface area contributed by atoms with E-state index in [0.29, 0.717) is 15.8 Å². The molecular formula is C14H14N2O2S2. The maximum Gasteiger partial charge on any atom is 0.266 e. The summed E-state index contributed by atoms with van der Waals surface area (Å²) in [5, 5.41) is 2.53. The van der Waals surface area contributed by atoms with Crippen LogP contribution in [0.15, 0.2) is 35.2 Å². The first kappa shape index (κ1) is 14.7. The highest BCUT2D eigenvalue weighted by molar-refractivity contribution is 8.26. The van der Waals surface area contributed by atoms with E-state index in [1.54, 1.807) is 7.05 Å². The van der Waals surface area contributed by atoms with Crippen molar-refractivity contribution in [1.82, 2.24) is 10.2 Å². The molecule has 1 saturated heterocycles. The SMILES string of the molecule is CNC(=O)CCN1C(=O)/C(=C/c2ccccc2)SC1=S. The number of amides is 2. The Morgan fingerprint density at radius 3 is 2.75 bits per heavy atom. The Morgan fingerprint density at radius 1 is 1.40 bits per heavy atom. The molecular weight excluding hydrogens is 292 g/mol. The monoisotopic (exact) mass is 306 g/mol. The highest BCUT2D eigenvalue weighted by Crippen LogP contribution is 2.32. The summed E-state index contributed by atoms with van der Waals surface area (Å²) >= 11 is 6.47.